The second-order valence-corrected chi connectivity index (χ2v) is 7.34. The minimum Gasteiger partial charge on any atom is -0.421 e. The van der Waals surface area contributed by atoms with E-state index in [0.717, 1.165) is 4.90 Å². The maximum absolute atomic E-state index is 13.5. The fraction of sp³-hybridized carbons (Fsp3) is 0.350. The summed E-state index contributed by atoms with van der Waals surface area (Å²) in [5.74, 6) is -3.42. The first kappa shape index (κ1) is 19.9. The second kappa shape index (κ2) is 7.43. The quantitative estimate of drug-likeness (QED) is 0.594. The second-order valence-electron chi connectivity index (χ2n) is 7.34. The predicted octanol–water partition coefficient (Wildman–Crippen LogP) is 2.95. The number of hydrogen-bond acceptors (Lipinski definition) is 6. The van der Waals surface area contributed by atoms with E-state index < -0.39 is 48.6 Å². The number of halogens is 2. The zero-order chi connectivity index (χ0) is 21.4. The van der Waals surface area contributed by atoms with E-state index in [0.29, 0.717) is 5.88 Å². The maximum Gasteiger partial charge on any atom is 0.325 e. The van der Waals surface area contributed by atoms with E-state index in [9.17, 15) is 23.2 Å². The first-order valence-corrected chi connectivity index (χ1v) is 9.38. The molecular weight excluding hydrogens is 398 g/mol. The van der Waals surface area contributed by atoms with Gasteiger partial charge in [-0.3, -0.25) is 14.5 Å². The highest BCUT2D eigenvalue weighted by molar-refractivity contribution is 6.11. The van der Waals surface area contributed by atoms with Crippen LogP contribution in [0.2, 0.25) is 0 Å². The van der Waals surface area contributed by atoms with Gasteiger partial charge in [-0.15, -0.1) is 0 Å². The third-order valence-electron chi connectivity index (χ3n) is 5.29. The van der Waals surface area contributed by atoms with Crippen LogP contribution >= 0.6 is 0 Å². The Hall–Kier alpha value is -3.43. The molecular formula is C20H18F2N4O4. The molecule has 2 fully saturated rings. The van der Waals surface area contributed by atoms with Crippen LogP contribution in [0.4, 0.5) is 13.6 Å². The summed E-state index contributed by atoms with van der Waals surface area (Å²) >= 11 is 0. The lowest BCUT2D eigenvalue weighted by atomic mass is 9.80. The average molecular weight is 416 g/mol. The van der Waals surface area contributed by atoms with Crippen molar-refractivity contribution in [1.82, 2.24) is 20.2 Å². The van der Waals surface area contributed by atoms with Crippen molar-refractivity contribution >= 4 is 17.7 Å². The molecule has 2 aromatic rings. The molecule has 1 spiro atoms. The van der Waals surface area contributed by atoms with Crippen LogP contribution in [0, 0.1) is 0 Å². The van der Waals surface area contributed by atoms with Crippen molar-refractivity contribution in [3.05, 3.63) is 48.3 Å². The molecule has 0 bridgehead atoms. The number of amides is 3. The molecule has 1 saturated heterocycles. The lowest BCUT2D eigenvalue weighted by Gasteiger charge is -2.34. The molecule has 0 radical (unpaired) electrons. The molecule has 1 aliphatic heterocycles. The van der Waals surface area contributed by atoms with Crippen molar-refractivity contribution < 1.29 is 27.9 Å². The fourth-order valence-corrected chi connectivity index (χ4v) is 3.56. The summed E-state index contributed by atoms with van der Waals surface area (Å²) in [7, 11) is 0. The monoisotopic (exact) mass is 416 g/mol. The Kier molecular flexibility index (Phi) is 4.92. The van der Waals surface area contributed by atoms with Gasteiger partial charge in [0.2, 0.25) is 17.7 Å². The maximum atomic E-state index is 13.5. The van der Waals surface area contributed by atoms with Crippen molar-refractivity contribution in [1.29, 1.82) is 0 Å². The lowest BCUT2D eigenvalue weighted by Crippen LogP contribution is -2.51. The van der Waals surface area contributed by atoms with E-state index in [4.69, 9.17) is 4.74 Å². The van der Waals surface area contributed by atoms with Crippen LogP contribution in [0.3, 0.4) is 0 Å². The molecule has 2 aromatic heterocycles. The average Bonchev–Trinajstić information content (AvgIpc) is 2.96. The summed E-state index contributed by atoms with van der Waals surface area (Å²) in [6.45, 7) is -0.495. The Labute approximate surface area is 170 Å². The third kappa shape index (κ3) is 3.85. The predicted molar refractivity (Wildman–Crippen MR) is 99.3 cm³/mol. The van der Waals surface area contributed by atoms with Gasteiger partial charge >= 0.3 is 6.03 Å². The highest BCUT2D eigenvalue weighted by Crippen LogP contribution is 2.41. The smallest absolute Gasteiger partial charge is 0.325 e. The van der Waals surface area contributed by atoms with E-state index in [1.165, 1.54) is 18.3 Å². The molecule has 8 nitrogen and oxygen atoms in total. The van der Waals surface area contributed by atoms with Gasteiger partial charge in [-0.25, -0.2) is 23.5 Å². The fourth-order valence-electron chi connectivity index (χ4n) is 3.56. The largest absolute Gasteiger partial charge is 0.421 e. The number of pyridine rings is 2. The highest BCUT2D eigenvalue weighted by Gasteiger charge is 2.55. The highest BCUT2D eigenvalue weighted by atomic mass is 19.3. The molecule has 30 heavy (non-hydrogen) atoms. The van der Waals surface area contributed by atoms with Gasteiger partial charge in [0.15, 0.2) is 5.78 Å². The van der Waals surface area contributed by atoms with Gasteiger partial charge in [0, 0.05) is 42.9 Å². The minimum atomic E-state index is -2.84. The molecule has 156 valence electrons. The number of hydrogen-bond donors (Lipinski definition) is 1. The van der Waals surface area contributed by atoms with Gasteiger partial charge in [-0.2, -0.15) is 0 Å². The van der Waals surface area contributed by atoms with Crippen molar-refractivity contribution in [3.8, 4) is 11.8 Å². The van der Waals surface area contributed by atoms with E-state index in [1.807, 2.05) is 0 Å². The van der Waals surface area contributed by atoms with E-state index in [-0.39, 0.29) is 24.3 Å². The normalized spacial score (nSPS) is 19.6. The molecule has 0 aromatic carbocycles. The van der Waals surface area contributed by atoms with Gasteiger partial charge in [-0.1, -0.05) is 6.07 Å². The topological polar surface area (TPSA) is 101 Å². The number of ether oxygens (including phenoxy) is 1. The number of carbonyl (C=O) groups is 3. The number of nitrogens with one attached hydrogen (secondary N) is 1. The number of aromatic nitrogens is 2. The van der Waals surface area contributed by atoms with Crippen LogP contribution in [0.25, 0.3) is 0 Å². The van der Waals surface area contributed by atoms with Crippen LogP contribution < -0.4 is 10.1 Å². The zero-order valence-corrected chi connectivity index (χ0v) is 15.8. The number of rotatable bonds is 5. The molecule has 1 N–H and O–H groups in total. The van der Waals surface area contributed by atoms with Gasteiger partial charge in [0.1, 0.15) is 5.54 Å². The van der Waals surface area contributed by atoms with Crippen molar-refractivity contribution in [2.75, 3.05) is 6.54 Å². The van der Waals surface area contributed by atoms with Crippen LogP contribution in [-0.4, -0.2) is 50.6 Å². The third-order valence-corrected chi connectivity index (χ3v) is 5.29. The summed E-state index contributed by atoms with van der Waals surface area (Å²) in [5.41, 5.74) is -1.17. The Morgan fingerprint density at radius 3 is 2.43 bits per heavy atom. The summed E-state index contributed by atoms with van der Waals surface area (Å²) < 4.78 is 32.4. The minimum absolute atomic E-state index is 0.156. The van der Waals surface area contributed by atoms with E-state index >= 15 is 0 Å². The van der Waals surface area contributed by atoms with Crippen molar-refractivity contribution in [3.63, 3.8) is 0 Å². The summed E-state index contributed by atoms with van der Waals surface area (Å²) in [6.07, 6.45) is 1.55. The number of carbonyl (C=O) groups excluding carboxylic acids is 3. The van der Waals surface area contributed by atoms with Crippen LogP contribution in [0.1, 0.15) is 36.0 Å². The lowest BCUT2D eigenvalue weighted by molar-refractivity contribution is -0.135. The van der Waals surface area contributed by atoms with Crippen LogP contribution in [0.15, 0.2) is 42.7 Å². The van der Waals surface area contributed by atoms with Gasteiger partial charge in [-0.05, 0) is 25.0 Å². The van der Waals surface area contributed by atoms with E-state index in [2.05, 4.69) is 15.3 Å². The number of alkyl halides is 2. The molecule has 1 aliphatic carbocycles. The van der Waals surface area contributed by atoms with Crippen LogP contribution in [-0.2, 0) is 4.79 Å². The van der Waals surface area contributed by atoms with Gasteiger partial charge in [0.05, 0.1) is 6.54 Å². The van der Waals surface area contributed by atoms with Crippen molar-refractivity contribution in [2.24, 2.45) is 0 Å². The zero-order valence-electron chi connectivity index (χ0n) is 15.8. The SMILES string of the molecule is O=C(CN1C(=O)NC2(CCC(F)(F)CC2)C1=O)c1ccc(Oc2ccccn2)nc1. The summed E-state index contributed by atoms with van der Waals surface area (Å²) in [4.78, 5) is 46.4. The molecule has 10 heteroatoms. The molecule has 3 heterocycles. The number of Topliss-reactive ketones (excluding diaryl/α,β-unsaturated/α-hetero) is 1. The molecule has 4 rings (SSSR count). The van der Waals surface area contributed by atoms with Gasteiger partial charge in [0.25, 0.3) is 5.91 Å². The Bertz CT molecular complexity index is 972. The molecule has 2 aliphatic rings. The Morgan fingerprint density at radius 2 is 1.80 bits per heavy atom. The number of ketones is 1. The van der Waals surface area contributed by atoms with E-state index in [1.54, 1.807) is 24.4 Å². The summed E-state index contributed by atoms with van der Waals surface area (Å²) in [5, 5.41) is 2.51. The van der Waals surface area contributed by atoms with Gasteiger partial charge < -0.3 is 10.1 Å². The number of urea groups is 1. The van der Waals surface area contributed by atoms with Crippen molar-refractivity contribution in [2.45, 2.75) is 37.1 Å². The molecule has 3 amide bonds. The first-order valence-electron chi connectivity index (χ1n) is 9.38. The molecule has 0 unspecified atom stereocenters. The first-order chi connectivity index (χ1) is 14.3. The molecule has 0 atom stereocenters. The Morgan fingerprint density at radius 1 is 1.07 bits per heavy atom. The number of imide groups is 1. The van der Waals surface area contributed by atoms with Crippen LogP contribution in [0.5, 0.6) is 11.8 Å². The standard InChI is InChI=1S/C20H18F2N4O4/c21-20(22)8-6-19(7-9-20)17(28)26(18(29)25-19)12-14(27)13-4-5-16(24-11-13)30-15-3-1-2-10-23-15/h1-5,10-11H,6-9,12H2,(H,25,29). The number of nitrogens with zero attached hydrogens (tertiary/aromatic N) is 3. The molecule has 1 saturated carbocycles. The Balaban J connectivity index is 1.41. The summed E-state index contributed by atoms with van der Waals surface area (Å²) in [6, 6.07) is 7.32.